The lowest BCUT2D eigenvalue weighted by atomic mass is 9.80. The number of piperazine rings is 1. The fourth-order valence-electron chi connectivity index (χ4n) is 5.22. The maximum atomic E-state index is 13.4. The van der Waals surface area contributed by atoms with Crippen LogP contribution in [0.4, 0.5) is 0 Å². The third-order valence-electron chi connectivity index (χ3n) is 7.19. The molecule has 36 heavy (non-hydrogen) atoms. The fourth-order valence-corrected chi connectivity index (χ4v) is 5.99. The van der Waals surface area contributed by atoms with Crippen LogP contribution in [-0.4, -0.2) is 52.8 Å². The molecule has 2 aliphatic heterocycles. The van der Waals surface area contributed by atoms with Crippen molar-refractivity contribution < 1.29 is 14.3 Å². The third-order valence-corrected chi connectivity index (χ3v) is 8.11. The predicted octanol–water partition coefficient (Wildman–Crippen LogP) is 5.78. The summed E-state index contributed by atoms with van der Waals surface area (Å²) in [7, 11) is 0. The van der Waals surface area contributed by atoms with Gasteiger partial charge in [0.15, 0.2) is 5.06 Å². The number of rotatable bonds is 9. The number of ether oxygens (including phenoxy) is 1. The van der Waals surface area contributed by atoms with Crippen molar-refractivity contribution >= 4 is 35.6 Å². The van der Waals surface area contributed by atoms with Gasteiger partial charge in [0.05, 0.1) is 0 Å². The van der Waals surface area contributed by atoms with Gasteiger partial charge in [-0.3, -0.25) is 14.5 Å². The minimum absolute atomic E-state index is 0. The Morgan fingerprint density at radius 3 is 2.44 bits per heavy atom. The van der Waals surface area contributed by atoms with E-state index in [-0.39, 0.29) is 30.3 Å². The van der Waals surface area contributed by atoms with Crippen LogP contribution in [0.25, 0.3) is 0 Å². The van der Waals surface area contributed by atoms with Crippen molar-refractivity contribution in [3.63, 3.8) is 0 Å². The van der Waals surface area contributed by atoms with Crippen LogP contribution in [0.2, 0.25) is 0 Å². The second-order valence-corrected chi connectivity index (χ2v) is 11.4. The summed E-state index contributed by atoms with van der Waals surface area (Å²) in [5.74, 6) is 1.35. The number of hydrogen-bond acceptors (Lipinski definition) is 5. The standard InChI is InChI=1S/C28H39N3O3S.ClH/c1-5-6-13-31-26(32)24(16-20(2)3)29-27(33)28(31)11-14-30(15-12-28)18-22-7-9-23(10-8-22)34-25-17-21(4)19-35-25;/h7-10,17,19-20,24H,5-6,11-16,18H2,1-4H3,(H,29,33);1H/t24-;/m0./s1. The van der Waals surface area contributed by atoms with E-state index in [4.69, 9.17) is 4.74 Å². The number of carbonyl (C=O) groups excluding carboxylic acids is 2. The van der Waals surface area contributed by atoms with E-state index in [2.05, 4.69) is 55.4 Å². The number of halogens is 1. The smallest absolute Gasteiger partial charge is 0.246 e. The topological polar surface area (TPSA) is 61.9 Å². The highest BCUT2D eigenvalue weighted by Gasteiger charge is 2.53. The van der Waals surface area contributed by atoms with Crippen LogP contribution in [0.5, 0.6) is 10.8 Å². The Morgan fingerprint density at radius 2 is 1.86 bits per heavy atom. The van der Waals surface area contributed by atoms with Crippen LogP contribution in [0.3, 0.4) is 0 Å². The summed E-state index contributed by atoms with van der Waals surface area (Å²) in [6, 6.07) is 9.92. The van der Waals surface area contributed by atoms with Crippen molar-refractivity contribution in [2.24, 2.45) is 5.92 Å². The Labute approximate surface area is 225 Å². The van der Waals surface area contributed by atoms with Crippen molar-refractivity contribution in [2.45, 2.75) is 77.9 Å². The van der Waals surface area contributed by atoms with Crippen LogP contribution in [0, 0.1) is 12.8 Å². The minimum atomic E-state index is -0.702. The maximum absolute atomic E-state index is 13.4. The van der Waals surface area contributed by atoms with Gasteiger partial charge in [-0.05, 0) is 73.2 Å². The number of unbranched alkanes of at least 4 members (excludes halogenated alkanes) is 1. The van der Waals surface area contributed by atoms with Crippen LogP contribution >= 0.6 is 23.7 Å². The first-order valence-corrected chi connectivity index (χ1v) is 13.9. The lowest BCUT2D eigenvalue weighted by Crippen LogP contribution is -2.73. The van der Waals surface area contributed by atoms with Gasteiger partial charge in [0.1, 0.15) is 17.3 Å². The molecule has 1 aromatic heterocycles. The van der Waals surface area contributed by atoms with Crippen LogP contribution in [-0.2, 0) is 16.1 Å². The zero-order valence-electron chi connectivity index (χ0n) is 21.9. The summed E-state index contributed by atoms with van der Waals surface area (Å²) in [6.45, 7) is 11.5. The van der Waals surface area contributed by atoms with Gasteiger partial charge in [0, 0.05) is 26.2 Å². The van der Waals surface area contributed by atoms with Crippen molar-refractivity contribution in [1.82, 2.24) is 15.1 Å². The first-order valence-electron chi connectivity index (χ1n) is 13.0. The molecular weight excluding hydrogens is 494 g/mol. The summed E-state index contributed by atoms with van der Waals surface area (Å²) >= 11 is 1.60. The zero-order chi connectivity index (χ0) is 25.0. The minimum Gasteiger partial charge on any atom is -0.447 e. The molecule has 1 N–H and O–H groups in total. The Kier molecular flexibility index (Phi) is 9.84. The summed E-state index contributed by atoms with van der Waals surface area (Å²) in [6.07, 6.45) is 4.00. The quantitative estimate of drug-likeness (QED) is 0.444. The molecule has 8 heteroatoms. The van der Waals surface area contributed by atoms with Crippen molar-refractivity contribution in [1.29, 1.82) is 0 Å². The number of thiophene rings is 1. The number of nitrogens with zero attached hydrogens (tertiary/aromatic N) is 2. The van der Waals surface area contributed by atoms with Gasteiger partial charge in [-0.15, -0.1) is 23.7 Å². The molecule has 1 spiro atoms. The van der Waals surface area contributed by atoms with Crippen LogP contribution in [0.15, 0.2) is 35.7 Å². The van der Waals surface area contributed by atoms with Crippen molar-refractivity contribution in [3.8, 4) is 10.8 Å². The van der Waals surface area contributed by atoms with Gasteiger partial charge in [0.25, 0.3) is 0 Å². The van der Waals surface area contributed by atoms with E-state index < -0.39 is 5.54 Å². The molecule has 4 rings (SSSR count). The number of piperidine rings is 1. The molecule has 0 radical (unpaired) electrons. The molecule has 0 saturated carbocycles. The molecule has 3 heterocycles. The average molecular weight is 534 g/mol. The molecule has 2 fully saturated rings. The summed E-state index contributed by atoms with van der Waals surface area (Å²) in [4.78, 5) is 31.1. The number of hydrogen-bond donors (Lipinski definition) is 1. The summed E-state index contributed by atoms with van der Waals surface area (Å²) < 4.78 is 5.94. The molecule has 1 atom stereocenters. The normalized spacial score (nSPS) is 19.9. The second-order valence-electron chi connectivity index (χ2n) is 10.5. The molecular formula is C28H40ClN3O3S. The number of aryl methyl sites for hydroxylation is 1. The van der Waals surface area contributed by atoms with Gasteiger partial charge in [-0.25, -0.2) is 0 Å². The lowest BCUT2D eigenvalue weighted by molar-refractivity contribution is -0.161. The number of amides is 2. The van der Waals surface area contributed by atoms with Crippen LogP contribution in [0.1, 0.15) is 64.0 Å². The van der Waals surface area contributed by atoms with E-state index in [1.165, 1.54) is 11.1 Å². The van der Waals surface area contributed by atoms with E-state index in [0.29, 0.717) is 31.7 Å². The predicted molar refractivity (Wildman–Crippen MR) is 148 cm³/mol. The third kappa shape index (κ3) is 6.42. The highest BCUT2D eigenvalue weighted by molar-refractivity contribution is 7.12. The van der Waals surface area contributed by atoms with Crippen LogP contribution < -0.4 is 10.1 Å². The molecule has 0 aliphatic carbocycles. The first-order chi connectivity index (χ1) is 16.8. The maximum Gasteiger partial charge on any atom is 0.246 e. The molecule has 0 unspecified atom stereocenters. The van der Waals surface area contributed by atoms with E-state index in [9.17, 15) is 9.59 Å². The van der Waals surface area contributed by atoms with E-state index in [1.807, 2.05) is 23.1 Å². The van der Waals surface area contributed by atoms with Crippen molar-refractivity contribution in [2.75, 3.05) is 19.6 Å². The first kappa shape index (κ1) is 28.5. The second kappa shape index (κ2) is 12.4. The van der Waals surface area contributed by atoms with Gasteiger partial charge >= 0.3 is 0 Å². The van der Waals surface area contributed by atoms with Gasteiger partial charge in [0.2, 0.25) is 11.8 Å². The molecule has 6 nitrogen and oxygen atoms in total. The average Bonchev–Trinajstić information content (AvgIpc) is 3.24. The molecule has 2 aromatic rings. The number of likely N-dealkylation sites (tertiary alicyclic amines) is 1. The van der Waals surface area contributed by atoms with Gasteiger partial charge < -0.3 is 15.0 Å². The Hall–Kier alpha value is -2.09. The Balaban J connectivity index is 0.00000361. The van der Waals surface area contributed by atoms with Gasteiger partial charge in [-0.1, -0.05) is 39.3 Å². The van der Waals surface area contributed by atoms with E-state index >= 15 is 0 Å². The van der Waals surface area contributed by atoms with Crippen molar-refractivity contribution in [3.05, 3.63) is 46.8 Å². The fraction of sp³-hybridized carbons (Fsp3) is 0.571. The Bertz CT molecular complexity index is 1020. The molecule has 2 aliphatic rings. The summed E-state index contributed by atoms with van der Waals surface area (Å²) in [5, 5.41) is 6.08. The molecule has 0 bridgehead atoms. The lowest BCUT2D eigenvalue weighted by Gasteiger charge is -2.52. The largest absolute Gasteiger partial charge is 0.447 e. The zero-order valence-corrected chi connectivity index (χ0v) is 23.6. The highest BCUT2D eigenvalue weighted by Crippen LogP contribution is 2.35. The molecule has 2 saturated heterocycles. The Morgan fingerprint density at radius 1 is 1.17 bits per heavy atom. The van der Waals surface area contributed by atoms with Gasteiger partial charge in [-0.2, -0.15) is 0 Å². The summed E-state index contributed by atoms with van der Waals surface area (Å²) in [5.41, 5.74) is 1.73. The molecule has 1 aromatic carbocycles. The number of carbonyl (C=O) groups is 2. The van der Waals surface area contributed by atoms with E-state index in [0.717, 1.165) is 43.3 Å². The van der Waals surface area contributed by atoms with E-state index in [1.54, 1.807) is 11.3 Å². The highest BCUT2D eigenvalue weighted by atomic mass is 35.5. The number of benzene rings is 1. The monoisotopic (exact) mass is 533 g/mol. The number of nitrogens with one attached hydrogen (secondary N) is 1. The SMILES string of the molecule is CCCCN1C(=O)[C@H](CC(C)C)NC(=O)C12CCN(Cc1ccc(Oc3cc(C)cs3)cc1)CC2.Cl. The molecule has 2 amide bonds. The molecule has 198 valence electrons.